The summed E-state index contributed by atoms with van der Waals surface area (Å²) in [6, 6.07) is 2.41. The molecule has 0 bridgehead atoms. The third-order valence-electron chi connectivity index (χ3n) is 3.12. The molecule has 1 amide bonds. The topological polar surface area (TPSA) is 101 Å². The van der Waals surface area contributed by atoms with Gasteiger partial charge < -0.3 is 16.3 Å². The van der Waals surface area contributed by atoms with Crippen molar-refractivity contribution in [3.8, 4) is 0 Å². The second kappa shape index (κ2) is 6.12. The van der Waals surface area contributed by atoms with E-state index in [9.17, 15) is 9.18 Å². The number of nitrogens with zero attached hydrogens (tertiary/aromatic N) is 2. The van der Waals surface area contributed by atoms with Gasteiger partial charge in [0, 0.05) is 0 Å². The van der Waals surface area contributed by atoms with Gasteiger partial charge in [-0.1, -0.05) is 19.0 Å². The van der Waals surface area contributed by atoms with Crippen LogP contribution in [0.5, 0.6) is 0 Å². The molecule has 7 heteroatoms. The summed E-state index contributed by atoms with van der Waals surface area (Å²) in [6.07, 6.45) is 1.86. The number of hydrogen-bond acceptors (Lipinski definition) is 4. The Balaban J connectivity index is 2.97. The molecule has 0 aliphatic carbocycles. The molecule has 0 fully saturated rings. The Kier molecular flexibility index (Phi) is 4.80. The van der Waals surface area contributed by atoms with Gasteiger partial charge in [0.25, 0.3) is 5.91 Å². The van der Waals surface area contributed by atoms with Gasteiger partial charge in [0.2, 0.25) is 0 Å². The zero-order valence-corrected chi connectivity index (χ0v) is 10.9. The largest absolute Gasteiger partial charge is 0.409 e. The zero-order chi connectivity index (χ0) is 14.5. The lowest BCUT2D eigenvalue weighted by molar-refractivity contribution is 0.0912. The number of nitrogens with one attached hydrogen (secondary N) is 1. The maximum atomic E-state index is 12.7. The lowest BCUT2D eigenvalue weighted by atomic mass is 9.91. The van der Waals surface area contributed by atoms with Crippen LogP contribution in [-0.2, 0) is 0 Å². The number of amidine groups is 1. The molecule has 0 unspecified atom stereocenters. The third kappa shape index (κ3) is 3.18. The van der Waals surface area contributed by atoms with Crippen LogP contribution in [0, 0.1) is 5.82 Å². The van der Waals surface area contributed by atoms with Crippen molar-refractivity contribution in [2.45, 2.75) is 32.2 Å². The molecule has 0 spiro atoms. The van der Waals surface area contributed by atoms with E-state index in [2.05, 4.69) is 15.5 Å². The van der Waals surface area contributed by atoms with Crippen molar-refractivity contribution in [1.29, 1.82) is 0 Å². The highest BCUT2D eigenvalue weighted by atomic mass is 19.1. The van der Waals surface area contributed by atoms with Crippen LogP contribution in [0.1, 0.15) is 37.2 Å². The minimum absolute atomic E-state index is 0.0680. The molecule has 0 aromatic carbocycles. The summed E-state index contributed by atoms with van der Waals surface area (Å²) in [5, 5.41) is 14.4. The van der Waals surface area contributed by atoms with Gasteiger partial charge in [-0.25, -0.2) is 9.37 Å². The van der Waals surface area contributed by atoms with Gasteiger partial charge in [-0.15, -0.1) is 0 Å². The van der Waals surface area contributed by atoms with Crippen LogP contribution < -0.4 is 11.1 Å². The van der Waals surface area contributed by atoms with Crippen molar-refractivity contribution in [1.82, 2.24) is 10.3 Å². The standard InChI is InChI=1S/C12H17FN4O2/c1-3-12(4-2,11(14)17-19)16-10(18)9-6-5-8(13)7-15-9/h5-7,19H,3-4H2,1-2H3,(H2,14,17)(H,16,18). The summed E-state index contributed by atoms with van der Waals surface area (Å²) in [7, 11) is 0. The van der Waals surface area contributed by atoms with E-state index >= 15 is 0 Å². The van der Waals surface area contributed by atoms with E-state index in [0.29, 0.717) is 12.8 Å². The highest BCUT2D eigenvalue weighted by molar-refractivity contribution is 5.99. The summed E-state index contributed by atoms with van der Waals surface area (Å²) >= 11 is 0. The number of hydrogen-bond donors (Lipinski definition) is 3. The van der Waals surface area contributed by atoms with Crippen molar-refractivity contribution in [2.75, 3.05) is 0 Å². The molecule has 0 saturated carbocycles. The van der Waals surface area contributed by atoms with Crippen molar-refractivity contribution in [3.05, 3.63) is 29.8 Å². The number of carbonyl (C=O) groups excluding carboxylic acids is 1. The Hall–Kier alpha value is -2.18. The quantitative estimate of drug-likeness (QED) is 0.324. The normalized spacial score (nSPS) is 12.3. The van der Waals surface area contributed by atoms with Crippen LogP contribution in [0.3, 0.4) is 0 Å². The monoisotopic (exact) mass is 268 g/mol. The first-order valence-electron chi connectivity index (χ1n) is 5.91. The summed E-state index contributed by atoms with van der Waals surface area (Å²) in [4.78, 5) is 15.7. The second-order valence-corrected chi connectivity index (χ2v) is 4.09. The summed E-state index contributed by atoms with van der Waals surface area (Å²) < 4.78 is 12.7. The number of halogens is 1. The minimum atomic E-state index is -0.943. The lowest BCUT2D eigenvalue weighted by Gasteiger charge is -2.31. The second-order valence-electron chi connectivity index (χ2n) is 4.09. The maximum absolute atomic E-state index is 12.7. The molecule has 0 saturated heterocycles. The molecule has 0 aliphatic heterocycles. The molecule has 104 valence electrons. The van der Waals surface area contributed by atoms with E-state index in [1.54, 1.807) is 13.8 Å². The average Bonchev–Trinajstić information content (AvgIpc) is 2.44. The maximum Gasteiger partial charge on any atom is 0.270 e. The molecule has 6 nitrogen and oxygen atoms in total. The Morgan fingerprint density at radius 1 is 1.53 bits per heavy atom. The molecule has 1 rings (SSSR count). The van der Waals surface area contributed by atoms with E-state index in [0.717, 1.165) is 12.3 Å². The third-order valence-corrected chi connectivity index (χ3v) is 3.12. The molecule has 1 aromatic heterocycles. The lowest BCUT2D eigenvalue weighted by Crippen LogP contribution is -2.57. The van der Waals surface area contributed by atoms with E-state index in [1.807, 2.05) is 0 Å². The molecular weight excluding hydrogens is 251 g/mol. The van der Waals surface area contributed by atoms with E-state index < -0.39 is 17.3 Å². The Morgan fingerprint density at radius 2 is 2.16 bits per heavy atom. The van der Waals surface area contributed by atoms with Crippen LogP contribution >= 0.6 is 0 Å². The van der Waals surface area contributed by atoms with Gasteiger partial charge in [-0.05, 0) is 25.0 Å². The number of oxime groups is 1. The first-order chi connectivity index (χ1) is 8.99. The number of nitrogens with two attached hydrogens (primary N) is 1. The first kappa shape index (κ1) is 14.9. The number of carbonyl (C=O) groups is 1. The molecule has 4 N–H and O–H groups in total. The Labute approximate surface area is 110 Å². The fourth-order valence-electron chi connectivity index (χ4n) is 1.74. The van der Waals surface area contributed by atoms with Crippen molar-refractivity contribution < 1.29 is 14.4 Å². The number of rotatable bonds is 5. The summed E-state index contributed by atoms with van der Waals surface area (Å²) in [5.41, 5.74) is 4.75. The number of aromatic nitrogens is 1. The van der Waals surface area contributed by atoms with Crippen LogP contribution in [0.2, 0.25) is 0 Å². The summed E-state index contributed by atoms with van der Waals surface area (Å²) in [5.74, 6) is -1.10. The SMILES string of the molecule is CCC(CC)(NC(=O)c1ccc(F)cn1)/C(N)=N/O. The fraction of sp³-hybridized carbons (Fsp3) is 0.417. The highest BCUT2D eigenvalue weighted by Crippen LogP contribution is 2.16. The molecular formula is C12H17FN4O2. The fourth-order valence-corrected chi connectivity index (χ4v) is 1.74. The molecule has 19 heavy (non-hydrogen) atoms. The van der Waals surface area contributed by atoms with E-state index in [4.69, 9.17) is 10.9 Å². The van der Waals surface area contributed by atoms with Crippen molar-refractivity contribution in [2.24, 2.45) is 10.9 Å². The van der Waals surface area contributed by atoms with Gasteiger partial charge in [-0.2, -0.15) is 0 Å². The zero-order valence-electron chi connectivity index (χ0n) is 10.9. The van der Waals surface area contributed by atoms with Crippen molar-refractivity contribution >= 4 is 11.7 Å². The van der Waals surface area contributed by atoms with Crippen LogP contribution in [0.4, 0.5) is 4.39 Å². The van der Waals surface area contributed by atoms with Crippen LogP contribution in [0.25, 0.3) is 0 Å². The minimum Gasteiger partial charge on any atom is -0.409 e. The van der Waals surface area contributed by atoms with Gasteiger partial charge in [-0.3, -0.25) is 4.79 Å². The van der Waals surface area contributed by atoms with Crippen LogP contribution in [-0.4, -0.2) is 27.5 Å². The van der Waals surface area contributed by atoms with E-state index in [1.165, 1.54) is 6.07 Å². The van der Waals surface area contributed by atoms with Gasteiger partial charge >= 0.3 is 0 Å². The van der Waals surface area contributed by atoms with Gasteiger partial charge in [0.1, 0.15) is 17.1 Å². The van der Waals surface area contributed by atoms with Gasteiger partial charge in [0.15, 0.2) is 5.84 Å². The predicted octanol–water partition coefficient (Wildman–Crippen LogP) is 1.26. The molecule has 1 aromatic rings. The Bertz CT molecular complexity index is 469. The number of amides is 1. The smallest absolute Gasteiger partial charge is 0.270 e. The highest BCUT2D eigenvalue weighted by Gasteiger charge is 2.33. The van der Waals surface area contributed by atoms with Crippen LogP contribution in [0.15, 0.2) is 23.5 Å². The number of pyridine rings is 1. The predicted molar refractivity (Wildman–Crippen MR) is 68.4 cm³/mol. The van der Waals surface area contributed by atoms with E-state index in [-0.39, 0.29) is 11.5 Å². The molecule has 0 aliphatic rings. The first-order valence-corrected chi connectivity index (χ1v) is 5.91. The molecule has 0 atom stereocenters. The Morgan fingerprint density at radius 3 is 2.58 bits per heavy atom. The van der Waals surface area contributed by atoms with Gasteiger partial charge in [0.05, 0.1) is 6.20 Å². The summed E-state index contributed by atoms with van der Waals surface area (Å²) in [6.45, 7) is 3.61. The molecule has 1 heterocycles. The molecule has 0 radical (unpaired) electrons. The average molecular weight is 268 g/mol. The van der Waals surface area contributed by atoms with Crippen molar-refractivity contribution in [3.63, 3.8) is 0 Å².